The first-order valence-corrected chi connectivity index (χ1v) is 15.5. The van der Waals surface area contributed by atoms with Crippen LogP contribution in [-0.4, -0.2) is 63.7 Å². The van der Waals surface area contributed by atoms with Gasteiger partial charge in [0, 0.05) is 32.1 Å². The molecule has 10 heteroatoms. The smallest absolute Gasteiger partial charge is 0.242 e. The van der Waals surface area contributed by atoms with Crippen LogP contribution >= 0.6 is 0 Å². The number of sulfonamides is 1. The Morgan fingerprint density at radius 2 is 1.74 bits per heavy atom. The summed E-state index contributed by atoms with van der Waals surface area (Å²) in [5.41, 5.74) is 2.46. The molecule has 2 aromatic carbocycles. The van der Waals surface area contributed by atoms with Crippen LogP contribution in [0.25, 0.3) is 0 Å². The Morgan fingerprint density at radius 1 is 1.03 bits per heavy atom. The summed E-state index contributed by atoms with van der Waals surface area (Å²) in [6.45, 7) is 7.77. The molecular weight excluding hydrogens is 518 g/mol. The lowest BCUT2D eigenvalue weighted by Crippen LogP contribution is -2.49. The molecule has 1 atom stereocenters. The van der Waals surface area contributed by atoms with E-state index in [2.05, 4.69) is 12.2 Å². The number of nitrogens with zero attached hydrogens (tertiary/aromatic N) is 2. The predicted molar refractivity (Wildman–Crippen MR) is 153 cm³/mol. The highest BCUT2D eigenvalue weighted by atomic mass is 32.2. The number of aryl methyl sites for hydroxylation is 1. The van der Waals surface area contributed by atoms with E-state index in [-0.39, 0.29) is 24.8 Å². The van der Waals surface area contributed by atoms with Crippen molar-refractivity contribution < 1.29 is 27.5 Å². The molecule has 0 saturated carbocycles. The molecular formula is C29H41N3O6S. The summed E-state index contributed by atoms with van der Waals surface area (Å²) >= 11 is 0. The van der Waals surface area contributed by atoms with Gasteiger partial charge in [-0.05, 0) is 49.4 Å². The average molecular weight is 560 g/mol. The van der Waals surface area contributed by atoms with Crippen LogP contribution in [0.15, 0.2) is 42.5 Å². The highest BCUT2D eigenvalue weighted by Crippen LogP contribution is 2.34. The minimum Gasteiger partial charge on any atom is -0.486 e. The maximum atomic E-state index is 13.6. The SMILES string of the molecule is CCCCNC(=O)[C@H](CC)N(Cc1ccccc1C)C(=O)CCCN(c1ccc2c(c1)OCCO2)S(C)(=O)=O. The van der Waals surface area contributed by atoms with Gasteiger partial charge in [0.05, 0.1) is 11.9 Å². The Labute approximate surface area is 232 Å². The molecule has 0 aliphatic carbocycles. The quantitative estimate of drug-likeness (QED) is 0.351. The van der Waals surface area contributed by atoms with Crippen LogP contribution in [0.3, 0.4) is 0 Å². The number of anilines is 1. The second-order valence-electron chi connectivity index (χ2n) is 9.78. The Hall–Kier alpha value is -3.27. The van der Waals surface area contributed by atoms with Crippen LogP contribution in [0.4, 0.5) is 5.69 Å². The second kappa shape index (κ2) is 14.2. The fourth-order valence-electron chi connectivity index (χ4n) is 4.59. The van der Waals surface area contributed by atoms with Gasteiger partial charge in [0.1, 0.15) is 19.3 Å². The third kappa shape index (κ3) is 8.36. The lowest BCUT2D eigenvalue weighted by molar-refractivity contribution is -0.141. The van der Waals surface area contributed by atoms with Gasteiger partial charge in [0.15, 0.2) is 11.5 Å². The number of nitrogens with one attached hydrogen (secondary N) is 1. The molecule has 39 heavy (non-hydrogen) atoms. The summed E-state index contributed by atoms with van der Waals surface area (Å²) in [7, 11) is -3.62. The van der Waals surface area contributed by atoms with E-state index in [4.69, 9.17) is 9.47 Å². The molecule has 1 aliphatic heterocycles. The van der Waals surface area contributed by atoms with Crippen molar-refractivity contribution >= 4 is 27.5 Å². The molecule has 2 amide bonds. The summed E-state index contributed by atoms with van der Waals surface area (Å²) in [5, 5.41) is 2.97. The highest BCUT2D eigenvalue weighted by Gasteiger charge is 2.29. The van der Waals surface area contributed by atoms with Crippen LogP contribution in [0, 0.1) is 6.92 Å². The minimum atomic E-state index is -3.62. The predicted octanol–water partition coefficient (Wildman–Crippen LogP) is 4.04. The standard InChI is InChI=1S/C29H41N3O6S/c1-5-7-16-30-29(34)25(6-2)31(21-23-12-9-8-11-22(23)3)28(33)13-10-17-32(39(4,35)36)24-14-15-26-27(20-24)38-19-18-37-26/h8-9,11-12,14-15,20,25H,5-7,10,13,16-19,21H2,1-4H3,(H,30,34)/t25-/m0/s1. The average Bonchev–Trinajstić information content (AvgIpc) is 2.91. The van der Waals surface area contributed by atoms with Gasteiger partial charge in [-0.2, -0.15) is 0 Å². The first-order valence-electron chi connectivity index (χ1n) is 13.6. The molecule has 2 aromatic rings. The van der Waals surface area contributed by atoms with E-state index >= 15 is 0 Å². The van der Waals surface area contributed by atoms with Crippen molar-refractivity contribution in [3.8, 4) is 11.5 Å². The highest BCUT2D eigenvalue weighted by molar-refractivity contribution is 7.92. The molecule has 214 valence electrons. The van der Waals surface area contributed by atoms with Gasteiger partial charge in [0.2, 0.25) is 21.8 Å². The molecule has 1 aliphatic rings. The van der Waals surface area contributed by atoms with Crippen molar-refractivity contribution in [2.24, 2.45) is 0 Å². The van der Waals surface area contributed by atoms with Gasteiger partial charge >= 0.3 is 0 Å². The van der Waals surface area contributed by atoms with E-state index in [0.717, 1.165) is 30.2 Å². The van der Waals surface area contributed by atoms with Gasteiger partial charge in [-0.1, -0.05) is 44.5 Å². The van der Waals surface area contributed by atoms with Gasteiger partial charge in [-0.15, -0.1) is 0 Å². The number of hydrogen-bond donors (Lipinski definition) is 1. The number of amides is 2. The summed E-state index contributed by atoms with van der Waals surface area (Å²) < 4.78 is 37.8. The number of benzene rings is 2. The monoisotopic (exact) mass is 559 g/mol. The van der Waals surface area contributed by atoms with Crippen molar-refractivity contribution in [3.63, 3.8) is 0 Å². The van der Waals surface area contributed by atoms with Crippen molar-refractivity contribution in [1.29, 1.82) is 0 Å². The number of rotatable bonds is 14. The molecule has 3 rings (SSSR count). The third-order valence-corrected chi connectivity index (χ3v) is 7.98. The molecule has 0 spiro atoms. The molecule has 0 saturated heterocycles. The fourth-order valence-corrected chi connectivity index (χ4v) is 5.55. The van der Waals surface area contributed by atoms with E-state index < -0.39 is 16.1 Å². The van der Waals surface area contributed by atoms with Crippen molar-refractivity contribution in [2.45, 2.75) is 65.5 Å². The van der Waals surface area contributed by atoms with E-state index in [1.54, 1.807) is 23.1 Å². The molecule has 0 bridgehead atoms. The first kappa shape index (κ1) is 30.3. The lowest BCUT2D eigenvalue weighted by Gasteiger charge is -2.31. The third-order valence-electron chi connectivity index (χ3n) is 6.78. The van der Waals surface area contributed by atoms with E-state index in [9.17, 15) is 18.0 Å². The first-order chi connectivity index (χ1) is 18.7. The molecule has 0 fully saturated rings. The van der Waals surface area contributed by atoms with E-state index in [1.165, 1.54) is 4.31 Å². The van der Waals surface area contributed by atoms with Crippen molar-refractivity contribution in [2.75, 3.05) is 36.9 Å². The van der Waals surface area contributed by atoms with Crippen molar-refractivity contribution in [1.82, 2.24) is 10.2 Å². The Kier molecular flexibility index (Phi) is 11.0. The molecule has 0 unspecified atom stereocenters. The van der Waals surface area contributed by atoms with Crippen LogP contribution in [0.1, 0.15) is 57.1 Å². The van der Waals surface area contributed by atoms with Crippen LogP contribution < -0.4 is 19.1 Å². The number of fused-ring (bicyclic) bond motifs is 1. The molecule has 9 nitrogen and oxygen atoms in total. The Morgan fingerprint density at radius 3 is 2.41 bits per heavy atom. The van der Waals surface area contributed by atoms with Gasteiger partial charge in [0.25, 0.3) is 0 Å². The minimum absolute atomic E-state index is 0.0984. The maximum absolute atomic E-state index is 13.6. The van der Waals surface area contributed by atoms with Crippen LogP contribution in [0.5, 0.6) is 11.5 Å². The van der Waals surface area contributed by atoms with Crippen LogP contribution in [-0.2, 0) is 26.2 Å². The zero-order valence-corrected chi connectivity index (χ0v) is 24.3. The van der Waals surface area contributed by atoms with Crippen LogP contribution in [0.2, 0.25) is 0 Å². The molecule has 1 N–H and O–H groups in total. The summed E-state index contributed by atoms with van der Waals surface area (Å²) in [5.74, 6) is 0.712. The second-order valence-corrected chi connectivity index (χ2v) is 11.7. The summed E-state index contributed by atoms with van der Waals surface area (Å²) in [4.78, 5) is 28.3. The lowest BCUT2D eigenvalue weighted by atomic mass is 10.1. The molecule has 1 heterocycles. The Bertz CT molecular complexity index is 1230. The number of ether oxygens (including phenoxy) is 2. The van der Waals surface area contributed by atoms with Gasteiger partial charge in [-0.25, -0.2) is 8.42 Å². The van der Waals surface area contributed by atoms with E-state index in [1.807, 2.05) is 38.1 Å². The van der Waals surface area contributed by atoms with E-state index in [0.29, 0.717) is 56.3 Å². The molecule has 0 aromatic heterocycles. The number of carbonyl (C=O) groups is 2. The summed E-state index contributed by atoms with van der Waals surface area (Å²) in [6, 6.07) is 12.2. The Balaban J connectivity index is 1.76. The number of hydrogen-bond acceptors (Lipinski definition) is 6. The zero-order chi connectivity index (χ0) is 28.4. The summed E-state index contributed by atoms with van der Waals surface area (Å²) in [6.07, 6.45) is 3.84. The topological polar surface area (TPSA) is 105 Å². The maximum Gasteiger partial charge on any atom is 0.242 e. The van der Waals surface area contributed by atoms with Crippen molar-refractivity contribution in [3.05, 3.63) is 53.6 Å². The number of unbranched alkanes of at least 4 members (excludes halogenated alkanes) is 1. The van der Waals surface area contributed by atoms with Gasteiger partial charge in [-0.3, -0.25) is 13.9 Å². The van der Waals surface area contributed by atoms with Gasteiger partial charge < -0.3 is 19.7 Å². The fraction of sp³-hybridized carbons (Fsp3) is 0.517. The number of carbonyl (C=O) groups excluding carboxylic acids is 2. The normalized spacial score (nSPS) is 13.4. The largest absolute Gasteiger partial charge is 0.486 e. The zero-order valence-electron chi connectivity index (χ0n) is 23.4. The molecule has 0 radical (unpaired) electrons.